The third kappa shape index (κ3) is 4.70. The Labute approximate surface area is 195 Å². The van der Waals surface area contributed by atoms with Gasteiger partial charge in [0.1, 0.15) is 11.6 Å². The summed E-state index contributed by atoms with van der Waals surface area (Å²) in [4.78, 5) is 40.0. The quantitative estimate of drug-likeness (QED) is 0.129. The van der Waals surface area contributed by atoms with Gasteiger partial charge >= 0.3 is 5.97 Å². The number of fused-ring (bicyclic) bond motifs is 1. The van der Waals surface area contributed by atoms with Crippen LogP contribution >= 0.6 is 15.9 Å². The minimum absolute atomic E-state index is 0.132. The zero-order valence-corrected chi connectivity index (χ0v) is 18.7. The van der Waals surface area contributed by atoms with Crippen LogP contribution in [0.1, 0.15) is 21.7 Å². The van der Waals surface area contributed by atoms with Crippen molar-refractivity contribution >= 4 is 44.7 Å². The molecule has 0 spiro atoms. The van der Waals surface area contributed by atoms with Crippen molar-refractivity contribution in [1.29, 1.82) is 0 Å². The highest BCUT2D eigenvalue weighted by Crippen LogP contribution is 2.23. The number of nitro benzene ring substituents is 1. The average molecular weight is 507 g/mol. The van der Waals surface area contributed by atoms with E-state index in [1.807, 2.05) is 0 Å². The van der Waals surface area contributed by atoms with E-state index >= 15 is 0 Å². The number of ether oxygens (including phenoxy) is 1. The molecular weight excluding hydrogens is 492 g/mol. The molecule has 1 heterocycles. The van der Waals surface area contributed by atoms with Gasteiger partial charge in [-0.1, -0.05) is 28.1 Å². The SMILES string of the molecule is Cc1nc2ccccc2c(=O)n1N=Cc1cc(Br)ccc1OC(=O)c1ccc([N+](=O)[O-])cc1. The molecule has 0 bridgehead atoms. The molecular formula is C23H15BrN4O5. The van der Waals surface area contributed by atoms with Crippen LogP contribution in [-0.4, -0.2) is 26.8 Å². The summed E-state index contributed by atoms with van der Waals surface area (Å²) in [5, 5.41) is 15.5. The number of hydrogen-bond acceptors (Lipinski definition) is 7. The number of rotatable bonds is 5. The van der Waals surface area contributed by atoms with Crippen LogP contribution in [0.15, 0.2) is 81.1 Å². The Hall–Kier alpha value is -4.18. The lowest BCUT2D eigenvalue weighted by molar-refractivity contribution is -0.384. The van der Waals surface area contributed by atoms with Crippen LogP contribution in [0.3, 0.4) is 0 Å². The van der Waals surface area contributed by atoms with E-state index in [-0.39, 0.29) is 22.6 Å². The standard InChI is InChI=1S/C23H15BrN4O5/c1-14-26-20-5-3-2-4-19(20)22(29)27(14)25-13-16-12-17(24)8-11-21(16)33-23(30)15-6-9-18(10-7-15)28(31)32/h2-13H,1H3. The number of halogens is 1. The monoisotopic (exact) mass is 506 g/mol. The van der Waals surface area contributed by atoms with Crippen LogP contribution in [0, 0.1) is 17.0 Å². The minimum atomic E-state index is -0.692. The van der Waals surface area contributed by atoms with Crippen LogP contribution in [0.2, 0.25) is 0 Å². The summed E-state index contributed by atoms with van der Waals surface area (Å²) >= 11 is 3.37. The van der Waals surface area contributed by atoms with Gasteiger partial charge in [0.25, 0.3) is 11.2 Å². The Morgan fingerprint density at radius 2 is 1.88 bits per heavy atom. The van der Waals surface area contributed by atoms with Crippen molar-refractivity contribution in [3.8, 4) is 5.75 Å². The van der Waals surface area contributed by atoms with Gasteiger partial charge in [-0.05, 0) is 49.4 Å². The number of nitro groups is 1. The van der Waals surface area contributed by atoms with Crippen molar-refractivity contribution in [1.82, 2.24) is 9.66 Å². The van der Waals surface area contributed by atoms with Gasteiger partial charge in [-0.15, -0.1) is 0 Å². The molecule has 164 valence electrons. The predicted octanol–water partition coefficient (Wildman–Crippen LogP) is 4.48. The molecule has 0 saturated carbocycles. The normalized spacial score (nSPS) is 11.1. The topological polar surface area (TPSA) is 117 Å². The van der Waals surface area contributed by atoms with Crippen LogP contribution < -0.4 is 10.3 Å². The Kier molecular flexibility index (Phi) is 6.09. The van der Waals surface area contributed by atoms with E-state index in [2.05, 4.69) is 26.0 Å². The molecule has 0 radical (unpaired) electrons. The van der Waals surface area contributed by atoms with Gasteiger partial charge in [-0.3, -0.25) is 14.9 Å². The molecule has 3 aromatic carbocycles. The molecule has 1 aromatic heterocycles. The van der Waals surface area contributed by atoms with Crippen molar-refractivity contribution < 1.29 is 14.5 Å². The number of esters is 1. The Bertz CT molecular complexity index is 1480. The van der Waals surface area contributed by atoms with Crippen LogP contribution in [0.25, 0.3) is 10.9 Å². The number of carbonyl (C=O) groups excluding carboxylic acids is 1. The summed E-state index contributed by atoms with van der Waals surface area (Å²) in [5.41, 5.74) is 0.699. The third-order valence-corrected chi connectivity index (χ3v) is 5.21. The fraction of sp³-hybridized carbons (Fsp3) is 0.0435. The van der Waals surface area contributed by atoms with E-state index in [4.69, 9.17) is 4.74 Å². The molecule has 0 fully saturated rings. The first-order chi connectivity index (χ1) is 15.8. The van der Waals surface area contributed by atoms with Crippen LogP contribution in [0.4, 0.5) is 5.69 Å². The van der Waals surface area contributed by atoms with Gasteiger partial charge in [0.05, 0.1) is 27.6 Å². The van der Waals surface area contributed by atoms with Gasteiger partial charge in [-0.25, -0.2) is 9.78 Å². The van der Waals surface area contributed by atoms with Gasteiger partial charge < -0.3 is 4.74 Å². The van der Waals surface area contributed by atoms with Gasteiger partial charge in [-0.2, -0.15) is 9.78 Å². The second-order valence-corrected chi connectivity index (χ2v) is 7.83. The lowest BCUT2D eigenvalue weighted by Gasteiger charge is -2.09. The van der Waals surface area contributed by atoms with Gasteiger partial charge in [0.15, 0.2) is 0 Å². The molecule has 4 rings (SSSR count). The van der Waals surface area contributed by atoms with Crippen LogP contribution in [0.5, 0.6) is 5.75 Å². The summed E-state index contributed by atoms with van der Waals surface area (Å²) in [7, 11) is 0. The second kappa shape index (κ2) is 9.13. The number of aromatic nitrogens is 2. The highest BCUT2D eigenvalue weighted by atomic mass is 79.9. The third-order valence-electron chi connectivity index (χ3n) is 4.72. The molecule has 0 N–H and O–H groups in total. The molecule has 0 saturated heterocycles. The predicted molar refractivity (Wildman–Crippen MR) is 126 cm³/mol. The van der Waals surface area contributed by atoms with Crippen molar-refractivity contribution in [3.63, 3.8) is 0 Å². The Morgan fingerprint density at radius 3 is 2.61 bits per heavy atom. The molecule has 4 aromatic rings. The summed E-state index contributed by atoms with van der Waals surface area (Å²) in [6.45, 7) is 1.67. The highest BCUT2D eigenvalue weighted by Gasteiger charge is 2.14. The Balaban J connectivity index is 1.66. The lowest BCUT2D eigenvalue weighted by Crippen LogP contribution is -2.20. The first-order valence-corrected chi connectivity index (χ1v) is 10.4. The maximum absolute atomic E-state index is 12.8. The summed E-state index contributed by atoms with van der Waals surface area (Å²) in [6.07, 6.45) is 1.40. The molecule has 9 nitrogen and oxygen atoms in total. The van der Waals surface area contributed by atoms with Crippen molar-refractivity contribution in [2.24, 2.45) is 5.10 Å². The van der Waals surface area contributed by atoms with E-state index in [1.54, 1.807) is 49.4 Å². The molecule has 0 atom stereocenters. The van der Waals surface area contributed by atoms with Crippen molar-refractivity contribution in [2.45, 2.75) is 6.92 Å². The van der Waals surface area contributed by atoms with E-state index in [0.29, 0.717) is 26.8 Å². The van der Waals surface area contributed by atoms with E-state index in [9.17, 15) is 19.7 Å². The first kappa shape index (κ1) is 22.0. The average Bonchev–Trinajstić information content (AvgIpc) is 2.80. The van der Waals surface area contributed by atoms with Gasteiger partial charge in [0, 0.05) is 22.2 Å². The smallest absolute Gasteiger partial charge is 0.343 e. The first-order valence-electron chi connectivity index (χ1n) is 9.62. The zero-order chi connectivity index (χ0) is 23.5. The number of benzene rings is 3. The molecule has 0 aliphatic rings. The molecule has 10 heteroatoms. The van der Waals surface area contributed by atoms with E-state index in [1.165, 1.54) is 35.2 Å². The molecule has 0 aliphatic heterocycles. The zero-order valence-electron chi connectivity index (χ0n) is 17.1. The number of para-hydroxylation sites is 1. The summed E-state index contributed by atoms with van der Waals surface area (Å²) < 4.78 is 7.36. The number of nitrogens with zero attached hydrogens (tertiary/aromatic N) is 4. The molecule has 0 aliphatic carbocycles. The number of aryl methyl sites for hydroxylation is 1. The number of carbonyl (C=O) groups is 1. The van der Waals surface area contributed by atoms with Crippen LogP contribution in [-0.2, 0) is 0 Å². The highest BCUT2D eigenvalue weighted by molar-refractivity contribution is 9.10. The second-order valence-electron chi connectivity index (χ2n) is 6.91. The molecule has 0 amide bonds. The molecule has 0 unspecified atom stereocenters. The maximum Gasteiger partial charge on any atom is 0.343 e. The maximum atomic E-state index is 12.8. The fourth-order valence-corrected chi connectivity index (χ4v) is 3.46. The fourth-order valence-electron chi connectivity index (χ4n) is 3.08. The Morgan fingerprint density at radius 1 is 1.15 bits per heavy atom. The number of hydrogen-bond donors (Lipinski definition) is 0. The largest absolute Gasteiger partial charge is 0.422 e. The lowest BCUT2D eigenvalue weighted by atomic mass is 10.2. The minimum Gasteiger partial charge on any atom is -0.422 e. The summed E-state index contributed by atoms with van der Waals surface area (Å²) in [6, 6.07) is 17.0. The molecule has 33 heavy (non-hydrogen) atoms. The summed E-state index contributed by atoms with van der Waals surface area (Å²) in [5.74, 6) is -0.0956. The number of non-ortho nitro benzene ring substituents is 1. The van der Waals surface area contributed by atoms with Crippen molar-refractivity contribution in [2.75, 3.05) is 0 Å². The van der Waals surface area contributed by atoms with E-state index in [0.717, 1.165) is 0 Å². The van der Waals surface area contributed by atoms with Crippen molar-refractivity contribution in [3.05, 3.63) is 109 Å². The van der Waals surface area contributed by atoms with Gasteiger partial charge in [0.2, 0.25) is 0 Å². The van der Waals surface area contributed by atoms with E-state index < -0.39 is 10.9 Å².